The number of hydrogen-bond acceptors (Lipinski definition) is 7. The molecule has 2 aromatic carbocycles. The Morgan fingerprint density at radius 3 is 2.31 bits per heavy atom. The van der Waals surface area contributed by atoms with Crippen LogP contribution in [0.15, 0.2) is 59.5 Å². The summed E-state index contributed by atoms with van der Waals surface area (Å²) in [5.41, 5.74) is 0.805. The molecular formula is C32H48N2O7S. The van der Waals surface area contributed by atoms with Gasteiger partial charge in [-0.1, -0.05) is 57.0 Å². The van der Waals surface area contributed by atoms with Crippen LogP contribution >= 0.6 is 0 Å². The quantitative estimate of drug-likeness (QED) is 0.244. The number of amides is 1. The second kappa shape index (κ2) is 16.3. The SMILES string of the molecule is CCOCCC1(COC(=O)N[C@@H](Cc2ccccc2)[C@H](O)CN(CC(C)C)S(=O)(=O)c2ccc(OC)cc2)CCCC1. The highest BCUT2D eigenvalue weighted by Crippen LogP contribution is 2.41. The molecule has 0 heterocycles. The number of nitrogens with zero attached hydrogens (tertiary/aromatic N) is 1. The Morgan fingerprint density at radius 1 is 1.05 bits per heavy atom. The molecule has 10 heteroatoms. The standard InChI is InChI=1S/C32H48N2O7S/c1-5-40-20-19-32(17-9-10-18-32)24-41-31(36)33-29(21-26-11-7-6-8-12-26)30(35)23-34(22-25(2)3)42(37,38)28-15-13-27(39-4)14-16-28/h6-8,11-16,25,29-30,35H,5,9-10,17-24H2,1-4H3,(H,33,36)/t29-,30+/m0/s1. The lowest BCUT2D eigenvalue weighted by Gasteiger charge is -2.31. The van der Waals surface area contributed by atoms with E-state index in [0.717, 1.165) is 37.7 Å². The number of ether oxygens (including phenoxy) is 3. The molecule has 0 aliphatic heterocycles. The van der Waals surface area contributed by atoms with Crippen molar-refractivity contribution in [2.75, 3.05) is 40.0 Å². The fourth-order valence-electron chi connectivity index (χ4n) is 5.50. The minimum atomic E-state index is -3.93. The zero-order valence-corrected chi connectivity index (χ0v) is 26.3. The van der Waals surface area contributed by atoms with E-state index < -0.39 is 28.3 Å². The molecule has 42 heavy (non-hydrogen) atoms. The summed E-state index contributed by atoms with van der Waals surface area (Å²) < 4.78 is 45.1. The van der Waals surface area contributed by atoms with Crippen LogP contribution in [0.1, 0.15) is 58.4 Å². The summed E-state index contributed by atoms with van der Waals surface area (Å²) >= 11 is 0. The Labute approximate surface area is 251 Å². The van der Waals surface area contributed by atoms with Gasteiger partial charge in [0.2, 0.25) is 10.0 Å². The van der Waals surface area contributed by atoms with Crippen LogP contribution < -0.4 is 10.1 Å². The van der Waals surface area contributed by atoms with Crippen LogP contribution in [0.3, 0.4) is 0 Å². The molecule has 9 nitrogen and oxygen atoms in total. The maximum atomic E-state index is 13.7. The maximum Gasteiger partial charge on any atom is 0.407 e. The molecule has 0 radical (unpaired) electrons. The fraction of sp³-hybridized carbons (Fsp3) is 0.594. The summed E-state index contributed by atoms with van der Waals surface area (Å²) in [7, 11) is -2.41. The van der Waals surface area contributed by atoms with Gasteiger partial charge >= 0.3 is 6.09 Å². The maximum absolute atomic E-state index is 13.7. The first-order valence-electron chi connectivity index (χ1n) is 15.0. The summed E-state index contributed by atoms with van der Waals surface area (Å²) in [5, 5.41) is 14.3. The van der Waals surface area contributed by atoms with Crippen molar-refractivity contribution < 1.29 is 32.5 Å². The van der Waals surface area contributed by atoms with E-state index >= 15 is 0 Å². The van der Waals surface area contributed by atoms with Crippen molar-refractivity contribution in [2.24, 2.45) is 11.3 Å². The van der Waals surface area contributed by atoms with Crippen molar-refractivity contribution in [1.29, 1.82) is 0 Å². The smallest absolute Gasteiger partial charge is 0.407 e. The highest BCUT2D eigenvalue weighted by atomic mass is 32.2. The van der Waals surface area contributed by atoms with E-state index in [4.69, 9.17) is 14.2 Å². The second-order valence-corrected chi connectivity index (χ2v) is 13.6. The van der Waals surface area contributed by atoms with Gasteiger partial charge in [-0.05, 0) is 68.4 Å². The predicted octanol–water partition coefficient (Wildman–Crippen LogP) is 5.03. The van der Waals surface area contributed by atoms with Gasteiger partial charge in [-0.2, -0.15) is 4.31 Å². The number of carbonyl (C=O) groups excluding carboxylic acids is 1. The van der Waals surface area contributed by atoms with E-state index in [9.17, 15) is 18.3 Å². The largest absolute Gasteiger partial charge is 0.497 e. The Morgan fingerprint density at radius 2 is 1.71 bits per heavy atom. The molecule has 1 fully saturated rings. The van der Waals surface area contributed by atoms with Gasteiger partial charge in [-0.15, -0.1) is 0 Å². The van der Waals surface area contributed by atoms with Gasteiger partial charge in [0.15, 0.2) is 0 Å². The Hall–Kier alpha value is -2.66. The molecule has 1 aliphatic carbocycles. The third kappa shape index (κ3) is 9.97. The van der Waals surface area contributed by atoms with Crippen molar-refractivity contribution in [3.63, 3.8) is 0 Å². The van der Waals surface area contributed by atoms with Crippen LogP contribution in [0.25, 0.3) is 0 Å². The number of sulfonamides is 1. The summed E-state index contributed by atoms with van der Waals surface area (Å²) in [6, 6.07) is 14.9. The second-order valence-electron chi connectivity index (χ2n) is 11.6. The average Bonchev–Trinajstić information content (AvgIpc) is 3.45. The molecule has 1 amide bonds. The van der Waals surface area contributed by atoms with Gasteiger partial charge in [0, 0.05) is 31.7 Å². The number of alkyl carbamates (subject to hydrolysis) is 1. The number of nitrogens with one attached hydrogen (secondary N) is 1. The number of aliphatic hydroxyl groups excluding tert-OH is 1. The summed E-state index contributed by atoms with van der Waals surface area (Å²) in [5.74, 6) is 0.558. The van der Waals surface area contributed by atoms with Crippen LogP contribution in [-0.4, -0.2) is 76.1 Å². The third-order valence-corrected chi connectivity index (χ3v) is 9.72. The first-order valence-corrected chi connectivity index (χ1v) is 16.4. The van der Waals surface area contributed by atoms with Crippen LogP contribution in [0.4, 0.5) is 4.79 Å². The van der Waals surface area contributed by atoms with Crippen molar-refractivity contribution in [1.82, 2.24) is 9.62 Å². The molecule has 2 atom stereocenters. The molecule has 0 saturated heterocycles. The first-order chi connectivity index (χ1) is 20.1. The number of methoxy groups -OCH3 is 1. The van der Waals surface area contributed by atoms with Gasteiger partial charge in [0.25, 0.3) is 0 Å². The van der Waals surface area contributed by atoms with E-state index in [2.05, 4.69) is 5.32 Å². The molecule has 2 N–H and O–H groups in total. The minimum Gasteiger partial charge on any atom is -0.497 e. The van der Waals surface area contributed by atoms with Crippen molar-refractivity contribution in [3.8, 4) is 5.75 Å². The lowest BCUT2D eigenvalue weighted by Crippen LogP contribution is -2.51. The average molecular weight is 605 g/mol. The topological polar surface area (TPSA) is 114 Å². The molecule has 2 aromatic rings. The molecule has 0 spiro atoms. The van der Waals surface area contributed by atoms with Crippen molar-refractivity contribution >= 4 is 16.1 Å². The minimum absolute atomic E-state index is 0.00927. The number of carbonyl (C=O) groups is 1. The fourth-order valence-corrected chi connectivity index (χ4v) is 7.12. The van der Waals surface area contributed by atoms with Crippen LogP contribution in [0.5, 0.6) is 5.75 Å². The van der Waals surface area contributed by atoms with Gasteiger partial charge < -0.3 is 24.6 Å². The number of benzene rings is 2. The molecule has 0 aromatic heterocycles. The van der Waals surface area contributed by atoms with Gasteiger partial charge in [0.1, 0.15) is 5.75 Å². The van der Waals surface area contributed by atoms with Crippen LogP contribution in [0, 0.1) is 11.3 Å². The lowest BCUT2D eigenvalue weighted by molar-refractivity contribution is 0.0421. The Kier molecular flexibility index (Phi) is 13.1. The predicted molar refractivity (Wildman–Crippen MR) is 163 cm³/mol. The molecule has 1 aliphatic rings. The highest BCUT2D eigenvalue weighted by Gasteiger charge is 2.36. The Bertz CT molecular complexity index is 1180. The zero-order valence-electron chi connectivity index (χ0n) is 25.5. The number of hydrogen-bond donors (Lipinski definition) is 2. The van der Waals surface area contributed by atoms with Crippen molar-refractivity contribution in [2.45, 2.75) is 76.3 Å². The van der Waals surface area contributed by atoms with Gasteiger partial charge in [-0.25, -0.2) is 13.2 Å². The molecular weight excluding hydrogens is 556 g/mol. The van der Waals surface area contributed by atoms with Crippen LogP contribution in [0.2, 0.25) is 0 Å². The number of aliphatic hydroxyl groups is 1. The zero-order chi connectivity index (χ0) is 30.6. The van der Waals surface area contributed by atoms with Gasteiger partial charge in [0.05, 0.1) is 30.8 Å². The summed E-state index contributed by atoms with van der Waals surface area (Å²) in [4.78, 5) is 13.2. The van der Waals surface area contributed by atoms with Crippen molar-refractivity contribution in [3.05, 3.63) is 60.2 Å². The molecule has 1 saturated carbocycles. The van der Waals surface area contributed by atoms with E-state index in [1.165, 1.54) is 23.5 Å². The van der Waals surface area contributed by atoms with E-state index in [1.807, 2.05) is 51.1 Å². The van der Waals surface area contributed by atoms with Gasteiger partial charge in [-0.3, -0.25) is 0 Å². The molecule has 0 bridgehead atoms. The monoisotopic (exact) mass is 604 g/mol. The summed E-state index contributed by atoms with van der Waals surface area (Å²) in [6.45, 7) is 7.39. The third-order valence-electron chi connectivity index (χ3n) is 7.88. The molecule has 0 unspecified atom stereocenters. The normalized spacial score (nSPS) is 16.4. The first kappa shape index (κ1) is 33.8. The highest BCUT2D eigenvalue weighted by molar-refractivity contribution is 7.89. The van der Waals surface area contributed by atoms with E-state index in [-0.39, 0.29) is 35.9 Å². The lowest BCUT2D eigenvalue weighted by atomic mass is 9.84. The van der Waals surface area contributed by atoms with Crippen LogP contribution in [-0.2, 0) is 25.9 Å². The summed E-state index contributed by atoms with van der Waals surface area (Å²) in [6.07, 6.45) is 3.49. The number of rotatable bonds is 17. The van der Waals surface area contributed by atoms with E-state index in [0.29, 0.717) is 25.4 Å². The molecule has 234 valence electrons. The van der Waals surface area contributed by atoms with E-state index in [1.54, 1.807) is 12.1 Å². The molecule has 3 rings (SSSR count). The Balaban J connectivity index is 1.76.